The molecule has 7 heteroatoms. The standard InChI is InChI=1S/C18H27N5O2/c1-21-10-16(25-12-18(21)24)11-22-8-5-15(6-9-22)23(14-2-3-14)17-4-7-19-13-20-17/h4,7,13-16H,2-3,5-6,8-12H2,1H3. The predicted molar refractivity (Wildman–Crippen MR) is 94.4 cm³/mol. The summed E-state index contributed by atoms with van der Waals surface area (Å²) in [4.78, 5) is 26.9. The van der Waals surface area contributed by atoms with Gasteiger partial charge in [-0.3, -0.25) is 4.79 Å². The van der Waals surface area contributed by atoms with E-state index in [2.05, 4.69) is 19.8 Å². The summed E-state index contributed by atoms with van der Waals surface area (Å²) in [6.07, 6.45) is 8.49. The molecule has 0 aromatic carbocycles. The second-order valence-electron chi connectivity index (χ2n) is 7.45. The Balaban J connectivity index is 1.31. The molecule has 1 amide bonds. The van der Waals surface area contributed by atoms with Crippen molar-refractivity contribution in [2.75, 3.05) is 44.7 Å². The van der Waals surface area contributed by atoms with E-state index >= 15 is 0 Å². The van der Waals surface area contributed by atoms with Crippen molar-refractivity contribution in [2.24, 2.45) is 0 Å². The monoisotopic (exact) mass is 345 g/mol. The van der Waals surface area contributed by atoms with Crippen LogP contribution in [0.25, 0.3) is 0 Å². The van der Waals surface area contributed by atoms with Crippen molar-refractivity contribution in [3.63, 3.8) is 0 Å². The number of hydrogen-bond donors (Lipinski definition) is 0. The second-order valence-corrected chi connectivity index (χ2v) is 7.45. The van der Waals surface area contributed by atoms with Crippen LogP contribution in [0.3, 0.4) is 0 Å². The summed E-state index contributed by atoms with van der Waals surface area (Å²) in [5.41, 5.74) is 0. The first-order valence-corrected chi connectivity index (χ1v) is 9.33. The van der Waals surface area contributed by atoms with Gasteiger partial charge in [-0.25, -0.2) is 9.97 Å². The van der Waals surface area contributed by atoms with Crippen LogP contribution in [0.5, 0.6) is 0 Å². The van der Waals surface area contributed by atoms with E-state index in [0.717, 1.165) is 38.3 Å². The van der Waals surface area contributed by atoms with Gasteiger partial charge >= 0.3 is 0 Å². The summed E-state index contributed by atoms with van der Waals surface area (Å²) in [5.74, 6) is 1.16. The zero-order valence-electron chi connectivity index (χ0n) is 14.9. The molecule has 25 heavy (non-hydrogen) atoms. The molecule has 7 nitrogen and oxygen atoms in total. The highest BCUT2D eigenvalue weighted by molar-refractivity contribution is 5.77. The maximum absolute atomic E-state index is 11.5. The molecule has 0 radical (unpaired) electrons. The van der Waals surface area contributed by atoms with E-state index in [1.807, 2.05) is 19.3 Å². The number of amides is 1. The van der Waals surface area contributed by atoms with Crippen molar-refractivity contribution >= 4 is 11.7 Å². The van der Waals surface area contributed by atoms with Crippen molar-refractivity contribution in [3.8, 4) is 0 Å². The number of hydrogen-bond acceptors (Lipinski definition) is 6. The minimum Gasteiger partial charge on any atom is -0.365 e. The van der Waals surface area contributed by atoms with Gasteiger partial charge in [0.25, 0.3) is 0 Å². The lowest BCUT2D eigenvalue weighted by Crippen LogP contribution is -2.52. The molecule has 3 fully saturated rings. The fourth-order valence-corrected chi connectivity index (χ4v) is 4.00. The minimum absolute atomic E-state index is 0.0832. The number of carbonyl (C=O) groups is 1. The largest absolute Gasteiger partial charge is 0.365 e. The molecule has 0 bridgehead atoms. The Hall–Kier alpha value is -1.73. The number of ether oxygens (including phenoxy) is 1. The predicted octanol–water partition coefficient (Wildman–Crippen LogP) is 0.767. The average molecular weight is 345 g/mol. The molecular formula is C18H27N5O2. The van der Waals surface area contributed by atoms with Crippen LogP contribution in [-0.4, -0.2) is 83.7 Å². The van der Waals surface area contributed by atoms with Crippen LogP contribution in [-0.2, 0) is 9.53 Å². The van der Waals surface area contributed by atoms with Crippen LogP contribution in [0, 0.1) is 0 Å². The third kappa shape index (κ3) is 3.93. The maximum Gasteiger partial charge on any atom is 0.248 e. The SMILES string of the molecule is CN1CC(CN2CCC(N(c3ccncn3)C3CC3)CC2)OCC1=O. The molecule has 3 aliphatic rings. The minimum atomic E-state index is 0.0832. The van der Waals surface area contributed by atoms with Crippen LogP contribution >= 0.6 is 0 Å². The lowest BCUT2D eigenvalue weighted by molar-refractivity contribution is -0.147. The van der Waals surface area contributed by atoms with E-state index in [0.29, 0.717) is 18.6 Å². The lowest BCUT2D eigenvalue weighted by atomic mass is 10.0. The Morgan fingerprint density at radius 1 is 1.24 bits per heavy atom. The topological polar surface area (TPSA) is 61.8 Å². The molecule has 1 unspecified atom stereocenters. The number of carbonyl (C=O) groups excluding carboxylic acids is 1. The molecule has 2 aliphatic heterocycles. The number of nitrogens with zero attached hydrogens (tertiary/aromatic N) is 5. The van der Waals surface area contributed by atoms with Crippen LogP contribution < -0.4 is 4.90 Å². The molecule has 1 aliphatic carbocycles. The van der Waals surface area contributed by atoms with E-state index in [-0.39, 0.29) is 18.6 Å². The van der Waals surface area contributed by atoms with Gasteiger partial charge in [0.05, 0.1) is 6.10 Å². The fraction of sp³-hybridized carbons (Fsp3) is 0.722. The molecule has 3 heterocycles. The van der Waals surface area contributed by atoms with Gasteiger partial charge in [0.2, 0.25) is 5.91 Å². The summed E-state index contributed by atoms with van der Waals surface area (Å²) in [5, 5.41) is 0. The highest BCUT2D eigenvalue weighted by Gasteiger charge is 2.37. The van der Waals surface area contributed by atoms with Gasteiger partial charge in [-0.15, -0.1) is 0 Å². The maximum atomic E-state index is 11.5. The van der Waals surface area contributed by atoms with E-state index < -0.39 is 0 Å². The van der Waals surface area contributed by atoms with Gasteiger partial charge in [0.15, 0.2) is 0 Å². The summed E-state index contributed by atoms with van der Waals surface area (Å²) in [7, 11) is 1.86. The Morgan fingerprint density at radius 2 is 2.00 bits per heavy atom. The van der Waals surface area contributed by atoms with Gasteiger partial charge in [0.1, 0.15) is 18.8 Å². The molecule has 0 N–H and O–H groups in total. The van der Waals surface area contributed by atoms with Crippen LogP contribution in [0.1, 0.15) is 25.7 Å². The molecule has 136 valence electrons. The van der Waals surface area contributed by atoms with Crippen LogP contribution in [0.2, 0.25) is 0 Å². The number of likely N-dealkylation sites (tertiary alicyclic amines) is 1. The molecule has 1 aromatic heterocycles. The molecule has 4 rings (SSSR count). The Kier molecular flexibility index (Phi) is 4.85. The second kappa shape index (κ2) is 7.25. The molecular weight excluding hydrogens is 318 g/mol. The van der Waals surface area contributed by atoms with Crippen molar-refractivity contribution < 1.29 is 9.53 Å². The number of aromatic nitrogens is 2. The van der Waals surface area contributed by atoms with Gasteiger partial charge in [-0.1, -0.05) is 0 Å². The third-order valence-electron chi connectivity index (χ3n) is 5.53. The molecule has 1 saturated carbocycles. The average Bonchev–Trinajstić information content (AvgIpc) is 3.46. The first-order chi connectivity index (χ1) is 12.2. The highest BCUT2D eigenvalue weighted by atomic mass is 16.5. The van der Waals surface area contributed by atoms with Crippen LogP contribution in [0.15, 0.2) is 18.6 Å². The number of rotatable bonds is 5. The smallest absolute Gasteiger partial charge is 0.248 e. The quantitative estimate of drug-likeness (QED) is 0.785. The first-order valence-electron chi connectivity index (χ1n) is 9.33. The summed E-state index contributed by atoms with van der Waals surface area (Å²) >= 11 is 0. The van der Waals surface area contributed by atoms with Crippen molar-refractivity contribution in [1.29, 1.82) is 0 Å². The molecule has 2 saturated heterocycles. The van der Waals surface area contributed by atoms with Gasteiger partial charge < -0.3 is 19.4 Å². The molecule has 0 spiro atoms. The Morgan fingerprint density at radius 3 is 2.64 bits per heavy atom. The van der Waals surface area contributed by atoms with Gasteiger partial charge in [-0.05, 0) is 31.7 Å². The van der Waals surface area contributed by atoms with Gasteiger partial charge in [0, 0.05) is 51.5 Å². The Bertz CT molecular complexity index is 586. The number of likely N-dealkylation sites (N-methyl/N-ethyl adjacent to an activating group) is 1. The molecule has 1 aromatic rings. The van der Waals surface area contributed by atoms with Crippen molar-refractivity contribution in [1.82, 2.24) is 19.8 Å². The number of anilines is 1. The van der Waals surface area contributed by atoms with Crippen LogP contribution in [0.4, 0.5) is 5.82 Å². The molecule has 1 atom stereocenters. The lowest BCUT2D eigenvalue weighted by Gasteiger charge is -2.41. The summed E-state index contributed by atoms with van der Waals surface area (Å²) in [6.45, 7) is 4.00. The zero-order chi connectivity index (χ0) is 17.2. The summed E-state index contributed by atoms with van der Waals surface area (Å²) < 4.78 is 5.69. The van der Waals surface area contributed by atoms with Crippen molar-refractivity contribution in [3.05, 3.63) is 18.6 Å². The van der Waals surface area contributed by atoms with E-state index in [4.69, 9.17) is 4.74 Å². The zero-order valence-corrected chi connectivity index (χ0v) is 14.9. The highest BCUT2D eigenvalue weighted by Crippen LogP contribution is 2.35. The fourth-order valence-electron chi connectivity index (χ4n) is 4.00. The van der Waals surface area contributed by atoms with Gasteiger partial charge in [-0.2, -0.15) is 0 Å². The van der Waals surface area contributed by atoms with E-state index in [1.54, 1.807) is 11.2 Å². The van der Waals surface area contributed by atoms with E-state index in [9.17, 15) is 4.79 Å². The first kappa shape index (κ1) is 16.7. The number of piperidine rings is 1. The number of morpholine rings is 1. The Labute approximate surface area is 149 Å². The third-order valence-corrected chi connectivity index (χ3v) is 5.53. The van der Waals surface area contributed by atoms with E-state index in [1.165, 1.54) is 12.8 Å². The summed E-state index contributed by atoms with van der Waals surface area (Å²) in [6, 6.07) is 3.26. The normalized spacial score (nSPS) is 26.0. The van der Waals surface area contributed by atoms with Crippen molar-refractivity contribution in [2.45, 2.75) is 43.9 Å².